The van der Waals surface area contributed by atoms with Gasteiger partial charge in [-0.3, -0.25) is 4.90 Å². The highest BCUT2D eigenvalue weighted by molar-refractivity contribution is 7.07. The molecule has 72 valence electrons. The SMILES string of the molecule is C=C(CN)CN(C)Cc1cscn1. The van der Waals surface area contributed by atoms with Crippen molar-refractivity contribution in [2.45, 2.75) is 6.54 Å². The van der Waals surface area contributed by atoms with Crippen molar-refractivity contribution in [1.29, 1.82) is 0 Å². The van der Waals surface area contributed by atoms with Crippen molar-refractivity contribution in [3.05, 3.63) is 28.7 Å². The highest BCUT2D eigenvalue weighted by Gasteiger charge is 2.02. The molecule has 13 heavy (non-hydrogen) atoms. The lowest BCUT2D eigenvalue weighted by molar-refractivity contribution is 0.350. The van der Waals surface area contributed by atoms with E-state index in [1.54, 1.807) is 11.3 Å². The Labute approximate surface area is 82.9 Å². The minimum atomic E-state index is 0.557. The fraction of sp³-hybridized carbons (Fsp3) is 0.444. The summed E-state index contributed by atoms with van der Waals surface area (Å²) in [5.74, 6) is 0. The molecule has 0 unspecified atom stereocenters. The molecule has 1 heterocycles. The third-order valence-corrected chi connectivity index (χ3v) is 2.33. The molecule has 0 aromatic carbocycles. The Morgan fingerprint density at radius 3 is 3.08 bits per heavy atom. The van der Waals surface area contributed by atoms with E-state index in [0.29, 0.717) is 6.54 Å². The molecule has 0 aliphatic rings. The van der Waals surface area contributed by atoms with Crippen LogP contribution in [0.3, 0.4) is 0 Å². The van der Waals surface area contributed by atoms with Crippen molar-refractivity contribution < 1.29 is 0 Å². The smallest absolute Gasteiger partial charge is 0.0795 e. The quantitative estimate of drug-likeness (QED) is 0.718. The topological polar surface area (TPSA) is 42.1 Å². The lowest BCUT2D eigenvalue weighted by Gasteiger charge is -2.15. The van der Waals surface area contributed by atoms with E-state index in [1.807, 2.05) is 12.6 Å². The van der Waals surface area contributed by atoms with Gasteiger partial charge in [-0.05, 0) is 12.6 Å². The van der Waals surface area contributed by atoms with E-state index in [1.165, 1.54) is 0 Å². The van der Waals surface area contributed by atoms with Gasteiger partial charge in [-0.15, -0.1) is 11.3 Å². The molecule has 0 saturated heterocycles. The molecule has 0 radical (unpaired) electrons. The second-order valence-corrected chi connectivity index (χ2v) is 3.82. The number of aromatic nitrogens is 1. The zero-order valence-corrected chi connectivity index (χ0v) is 8.68. The fourth-order valence-electron chi connectivity index (χ4n) is 1.09. The summed E-state index contributed by atoms with van der Waals surface area (Å²) in [6.07, 6.45) is 0. The average molecular weight is 197 g/mol. The van der Waals surface area contributed by atoms with Crippen LogP contribution in [0.1, 0.15) is 5.69 Å². The molecule has 0 aliphatic heterocycles. The van der Waals surface area contributed by atoms with E-state index < -0.39 is 0 Å². The van der Waals surface area contributed by atoms with E-state index in [4.69, 9.17) is 5.73 Å². The molecule has 0 spiro atoms. The Bertz CT molecular complexity index is 256. The molecule has 3 nitrogen and oxygen atoms in total. The molecule has 0 fully saturated rings. The van der Waals surface area contributed by atoms with Gasteiger partial charge >= 0.3 is 0 Å². The zero-order valence-electron chi connectivity index (χ0n) is 7.86. The first-order valence-corrected chi connectivity index (χ1v) is 5.09. The highest BCUT2D eigenvalue weighted by Crippen LogP contribution is 2.04. The average Bonchev–Trinajstić information content (AvgIpc) is 2.56. The number of nitrogens with zero attached hydrogens (tertiary/aromatic N) is 2. The van der Waals surface area contributed by atoms with Crippen molar-refractivity contribution >= 4 is 11.3 Å². The van der Waals surface area contributed by atoms with Crippen molar-refractivity contribution in [3.63, 3.8) is 0 Å². The molecular weight excluding hydrogens is 182 g/mol. The molecule has 0 amide bonds. The van der Waals surface area contributed by atoms with Gasteiger partial charge in [-0.25, -0.2) is 4.98 Å². The molecule has 1 rings (SSSR count). The van der Waals surface area contributed by atoms with Crippen LogP contribution in [0.5, 0.6) is 0 Å². The van der Waals surface area contributed by atoms with Crippen LogP contribution >= 0.6 is 11.3 Å². The second kappa shape index (κ2) is 5.11. The maximum absolute atomic E-state index is 5.45. The van der Waals surface area contributed by atoms with Crippen LogP contribution in [-0.4, -0.2) is 30.0 Å². The summed E-state index contributed by atoms with van der Waals surface area (Å²) >= 11 is 1.62. The molecule has 0 aliphatic carbocycles. The predicted octanol–water partition coefficient (Wildman–Crippen LogP) is 1.09. The van der Waals surface area contributed by atoms with E-state index in [2.05, 4.69) is 21.8 Å². The number of nitrogens with two attached hydrogens (primary N) is 1. The van der Waals surface area contributed by atoms with Gasteiger partial charge in [0.15, 0.2) is 0 Å². The van der Waals surface area contributed by atoms with Gasteiger partial charge in [-0.2, -0.15) is 0 Å². The molecule has 1 aromatic heterocycles. The predicted molar refractivity (Wildman–Crippen MR) is 56.6 cm³/mol. The molecule has 4 heteroatoms. The Morgan fingerprint density at radius 1 is 1.77 bits per heavy atom. The van der Waals surface area contributed by atoms with Crippen LogP contribution in [-0.2, 0) is 6.54 Å². The minimum absolute atomic E-state index is 0.557. The first-order valence-electron chi connectivity index (χ1n) is 4.14. The van der Waals surface area contributed by atoms with Crippen molar-refractivity contribution in [1.82, 2.24) is 9.88 Å². The Balaban J connectivity index is 2.33. The summed E-state index contributed by atoms with van der Waals surface area (Å²) in [4.78, 5) is 6.36. The van der Waals surface area contributed by atoms with Crippen LogP contribution in [0, 0.1) is 0 Å². The molecule has 0 atom stereocenters. The van der Waals surface area contributed by atoms with Crippen molar-refractivity contribution in [2.24, 2.45) is 5.73 Å². The van der Waals surface area contributed by atoms with Crippen LogP contribution < -0.4 is 5.73 Å². The number of likely N-dealkylation sites (N-methyl/N-ethyl adjacent to an activating group) is 1. The Hall–Kier alpha value is -0.710. The van der Waals surface area contributed by atoms with Gasteiger partial charge in [0.05, 0.1) is 11.2 Å². The van der Waals surface area contributed by atoms with E-state index in [-0.39, 0.29) is 0 Å². The number of thiazole rings is 1. The molecule has 2 N–H and O–H groups in total. The summed E-state index contributed by atoms with van der Waals surface area (Å²) in [5.41, 5.74) is 9.46. The third kappa shape index (κ3) is 3.67. The standard InChI is InChI=1S/C9H15N3S/c1-8(3-10)4-12(2)5-9-6-13-7-11-9/h6-7H,1,3-5,10H2,2H3. The monoisotopic (exact) mass is 197 g/mol. The molecule has 0 saturated carbocycles. The van der Waals surface area contributed by atoms with Gasteiger partial charge in [0.25, 0.3) is 0 Å². The van der Waals surface area contributed by atoms with Crippen LogP contribution in [0.15, 0.2) is 23.0 Å². The largest absolute Gasteiger partial charge is 0.327 e. The van der Waals surface area contributed by atoms with E-state index in [0.717, 1.165) is 24.4 Å². The maximum Gasteiger partial charge on any atom is 0.0795 e. The van der Waals surface area contributed by atoms with Crippen LogP contribution in [0.2, 0.25) is 0 Å². The van der Waals surface area contributed by atoms with E-state index in [9.17, 15) is 0 Å². The first kappa shape index (κ1) is 10.4. The third-order valence-electron chi connectivity index (χ3n) is 1.70. The second-order valence-electron chi connectivity index (χ2n) is 3.11. The lowest BCUT2D eigenvalue weighted by Crippen LogP contribution is -2.23. The number of hydrogen-bond acceptors (Lipinski definition) is 4. The Morgan fingerprint density at radius 2 is 2.54 bits per heavy atom. The highest BCUT2D eigenvalue weighted by atomic mass is 32.1. The summed E-state index contributed by atoms with van der Waals surface area (Å²) in [6.45, 7) is 6.12. The summed E-state index contributed by atoms with van der Waals surface area (Å²) in [6, 6.07) is 0. The van der Waals surface area contributed by atoms with Crippen LogP contribution in [0.25, 0.3) is 0 Å². The van der Waals surface area contributed by atoms with Gasteiger partial charge in [-0.1, -0.05) is 6.58 Å². The summed E-state index contributed by atoms with van der Waals surface area (Å²) < 4.78 is 0. The lowest BCUT2D eigenvalue weighted by atomic mass is 10.3. The number of hydrogen-bond donors (Lipinski definition) is 1. The molecular formula is C9H15N3S. The van der Waals surface area contributed by atoms with E-state index >= 15 is 0 Å². The Kier molecular flexibility index (Phi) is 4.08. The van der Waals surface area contributed by atoms with Crippen molar-refractivity contribution in [3.8, 4) is 0 Å². The maximum atomic E-state index is 5.45. The van der Waals surface area contributed by atoms with Crippen molar-refractivity contribution in [2.75, 3.05) is 20.1 Å². The number of rotatable bonds is 5. The normalized spacial score (nSPS) is 10.7. The van der Waals surface area contributed by atoms with Gasteiger partial charge < -0.3 is 5.73 Å². The molecule has 0 bridgehead atoms. The van der Waals surface area contributed by atoms with Gasteiger partial charge in [0.2, 0.25) is 0 Å². The minimum Gasteiger partial charge on any atom is -0.327 e. The summed E-state index contributed by atoms with van der Waals surface area (Å²) in [5, 5.41) is 2.06. The van der Waals surface area contributed by atoms with Gasteiger partial charge in [0, 0.05) is 25.0 Å². The first-order chi connectivity index (χ1) is 6.22. The van der Waals surface area contributed by atoms with Crippen LogP contribution in [0.4, 0.5) is 0 Å². The fourth-order valence-corrected chi connectivity index (χ4v) is 1.64. The zero-order chi connectivity index (χ0) is 9.68. The molecule has 1 aromatic rings. The summed E-state index contributed by atoms with van der Waals surface area (Å²) in [7, 11) is 2.04. The van der Waals surface area contributed by atoms with Gasteiger partial charge in [0.1, 0.15) is 0 Å².